The zero-order valence-electron chi connectivity index (χ0n) is 16.0. The molecule has 27 heavy (non-hydrogen) atoms. The van der Waals surface area contributed by atoms with E-state index in [-0.39, 0.29) is 12.3 Å². The van der Waals surface area contributed by atoms with E-state index < -0.39 is 0 Å². The fourth-order valence-corrected chi connectivity index (χ4v) is 4.99. The summed E-state index contributed by atoms with van der Waals surface area (Å²) in [5, 5.41) is 0.973. The van der Waals surface area contributed by atoms with Crippen molar-refractivity contribution in [3.8, 4) is 0 Å². The van der Waals surface area contributed by atoms with Crippen LogP contribution in [0.2, 0.25) is 0 Å². The molecule has 4 heterocycles. The Morgan fingerprint density at radius 2 is 1.93 bits per heavy atom. The van der Waals surface area contributed by atoms with Crippen molar-refractivity contribution >= 4 is 33.3 Å². The molecule has 0 aliphatic carbocycles. The van der Waals surface area contributed by atoms with E-state index in [1.807, 2.05) is 20.8 Å². The predicted octanol–water partition coefficient (Wildman–Crippen LogP) is 3.07. The zero-order valence-corrected chi connectivity index (χ0v) is 16.8. The van der Waals surface area contributed by atoms with Gasteiger partial charge in [0.15, 0.2) is 6.29 Å². The molecule has 2 aliphatic rings. The van der Waals surface area contributed by atoms with Gasteiger partial charge in [0.05, 0.1) is 25.2 Å². The van der Waals surface area contributed by atoms with E-state index in [4.69, 9.17) is 19.2 Å². The lowest BCUT2D eigenvalue weighted by Crippen LogP contribution is -2.38. The van der Waals surface area contributed by atoms with Gasteiger partial charge in [0.25, 0.3) is 0 Å². The number of nitrogens with zero attached hydrogens (tertiary/aromatic N) is 3. The predicted molar refractivity (Wildman–Crippen MR) is 103 cm³/mol. The third kappa shape index (κ3) is 3.53. The number of aromatic nitrogens is 2. The van der Waals surface area contributed by atoms with Gasteiger partial charge in [-0.3, -0.25) is 0 Å². The molecule has 0 atom stereocenters. The average molecular weight is 391 g/mol. The van der Waals surface area contributed by atoms with Gasteiger partial charge in [-0.25, -0.2) is 14.8 Å². The number of esters is 1. The molecule has 0 amide bonds. The second-order valence-electron chi connectivity index (χ2n) is 6.99. The molecule has 2 saturated heterocycles. The molecule has 7 nitrogen and oxygen atoms in total. The first kappa shape index (κ1) is 18.6. The minimum absolute atomic E-state index is 0.0578. The minimum atomic E-state index is -0.282. The van der Waals surface area contributed by atoms with Gasteiger partial charge in [-0.1, -0.05) is 0 Å². The third-order valence-electron chi connectivity index (χ3n) is 5.22. The highest BCUT2D eigenvalue weighted by Gasteiger charge is 2.32. The van der Waals surface area contributed by atoms with Crippen LogP contribution in [0.5, 0.6) is 0 Å². The number of piperidine rings is 1. The summed E-state index contributed by atoms with van der Waals surface area (Å²) >= 11 is 1.39. The number of rotatable bonds is 4. The molecule has 0 unspecified atom stereocenters. The molecule has 0 spiro atoms. The maximum Gasteiger partial charge on any atom is 0.348 e. The number of thiophene rings is 1. The number of anilines is 1. The average Bonchev–Trinajstić information content (AvgIpc) is 3.30. The van der Waals surface area contributed by atoms with E-state index in [1.165, 1.54) is 11.3 Å². The summed E-state index contributed by atoms with van der Waals surface area (Å²) in [6.07, 6.45) is 1.95. The largest absolute Gasteiger partial charge is 0.462 e. The third-order valence-corrected chi connectivity index (χ3v) is 6.38. The van der Waals surface area contributed by atoms with E-state index in [9.17, 15) is 4.79 Å². The number of carbonyl (C=O) groups excluding carboxylic acids is 1. The molecule has 0 N–H and O–H groups in total. The normalized spacial score (nSPS) is 19.1. The van der Waals surface area contributed by atoms with E-state index in [2.05, 4.69) is 9.88 Å². The fourth-order valence-electron chi connectivity index (χ4n) is 3.87. The van der Waals surface area contributed by atoms with Gasteiger partial charge >= 0.3 is 5.97 Å². The molecule has 8 heteroatoms. The van der Waals surface area contributed by atoms with E-state index in [0.29, 0.717) is 30.6 Å². The molecule has 2 aliphatic heterocycles. The number of carbonyl (C=O) groups is 1. The number of ether oxygens (including phenoxy) is 3. The van der Waals surface area contributed by atoms with E-state index in [1.54, 1.807) is 0 Å². The maximum atomic E-state index is 12.3. The molecule has 146 valence electrons. The van der Waals surface area contributed by atoms with Crippen molar-refractivity contribution in [3.05, 3.63) is 16.3 Å². The Labute approximate surface area is 162 Å². The van der Waals surface area contributed by atoms with Gasteiger partial charge in [0.2, 0.25) is 0 Å². The number of fused-ring (bicyclic) bond motifs is 1. The lowest BCUT2D eigenvalue weighted by molar-refractivity contribution is -0.0889. The zero-order chi connectivity index (χ0) is 19.0. The van der Waals surface area contributed by atoms with Crippen LogP contribution in [0.3, 0.4) is 0 Å². The fraction of sp³-hybridized carbons (Fsp3) is 0.632. The number of hydrogen-bond donors (Lipinski definition) is 0. The molecular weight excluding hydrogens is 366 g/mol. The Morgan fingerprint density at radius 3 is 2.59 bits per heavy atom. The van der Waals surface area contributed by atoms with Crippen molar-refractivity contribution in [2.45, 2.75) is 39.9 Å². The maximum absolute atomic E-state index is 12.3. The van der Waals surface area contributed by atoms with Crippen molar-refractivity contribution in [1.82, 2.24) is 9.97 Å². The molecule has 2 fully saturated rings. The van der Waals surface area contributed by atoms with E-state index >= 15 is 0 Å². The van der Waals surface area contributed by atoms with Crippen LogP contribution < -0.4 is 4.90 Å². The molecule has 0 bridgehead atoms. The summed E-state index contributed by atoms with van der Waals surface area (Å²) < 4.78 is 16.6. The van der Waals surface area contributed by atoms with Crippen molar-refractivity contribution in [2.24, 2.45) is 5.92 Å². The van der Waals surface area contributed by atoms with Gasteiger partial charge in [-0.05, 0) is 39.2 Å². The Hall–Kier alpha value is -1.77. The quantitative estimate of drug-likeness (QED) is 0.742. The summed E-state index contributed by atoms with van der Waals surface area (Å²) in [5.41, 5.74) is 0.910. The summed E-state index contributed by atoms with van der Waals surface area (Å²) in [6, 6.07) is 0. The van der Waals surface area contributed by atoms with Crippen LogP contribution in [-0.4, -0.2) is 55.1 Å². The molecule has 2 aromatic rings. The summed E-state index contributed by atoms with van der Waals surface area (Å²) in [6.45, 7) is 9.21. The van der Waals surface area contributed by atoms with Crippen molar-refractivity contribution in [1.29, 1.82) is 0 Å². The van der Waals surface area contributed by atoms with Crippen molar-refractivity contribution < 1.29 is 19.0 Å². The smallest absolute Gasteiger partial charge is 0.348 e. The minimum Gasteiger partial charge on any atom is -0.462 e. The molecule has 2 aromatic heterocycles. The standard InChI is InChI=1S/C19H25N3O4S/c1-4-24-18(23)15-11(2)14-16(20-12(3)21-17(14)27-15)22-7-5-13(6-8-22)19-25-9-10-26-19/h13,19H,4-10H2,1-3H3. The van der Waals surface area contributed by atoms with Crippen LogP contribution in [-0.2, 0) is 14.2 Å². The Balaban J connectivity index is 1.62. The van der Waals surface area contributed by atoms with Gasteiger partial charge in [-0.2, -0.15) is 0 Å². The Bertz CT molecular complexity index is 839. The highest BCUT2D eigenvalue weighted by Crippen LogP contribution is 2.37. The van der Waals surface area contributed by atoms with Crippen LogP contribution in [0.15, 0.2) is 0 Å². The highest BCUT2D eigenvalue weighted by atomic mass is 32.1. The van der Waals surface area contributed by atoms with Crippen LogP contribution in [0.25, 0.3) is 10.2 Å². The van der Waals surface area contributed by atoms with Crippen molar-refractivity contribution in [3.63, 3.8) is 0 Å². The van der Waals surface area contributed by atoms with Gasteiger partial charge in [-0.15, -0.1) is 11.3 Å². The monoisotopic (exact) mass is 391 g/mol. The molecular formula is C19H25N3O4S. The van der Waals surface area contributed by atoms with Gasteiger partial charge in [0.1, 0.15) is 21.3 Å². The number of hydrogen-bond acceptors (Lipinski definition) is 8. The Morgan fingerprint density at radius 1 is 1.22 bits per heavy atom. The summed E-state index contributed by atoms with van der Waals surface area (Å²) in [5.74, 6) is 1.80. The lowest BCUT2D eigenvalue weighted by atomic mass is 9.96. The summed E-state index contributed by atoms with van der Waals surface area (Å²) in [4.78, 5) is 25.4. The molecule has 0 aromatic carbocycles. The van der Waals surface area contributed by atoms with E-state index in [0.717, 1.165) is 53.4 Å². The van der Waals surface area contributed by atoms with Crippen molar-refractivity contribution in [2.75, 3.05) is 37.8 Å². The second kappa shape index (κ2) is 7.69. The van der Waals surface area contributed by atoms with Crippen LogP contribution in [0, 0.1) is 19.8 Å². The van der Waals surface area contributed by atoms with Crippen LogP contribution in [0.4, 0.5) is 5.82 Å². The van der Waals surface area contributed by atoms with Gasteiger partial charge in [0, 0.05) is 19.0 Å². The van der Waals surface area contributed by atoms with Gasteiger partial charge < -0.3 is 19.1 Å². The Kier molecular flexibility index (Phi) is 5.29. The molecule has 0 radical (unpaired) electrons. The molecule has 0 saturated carbocycles. The highest BCUT2D eigenvalue weighted by molar-refractivity contribution is 7.20. The number of aryl methyl sites for hydroxylation is 2. The second-order valence-corrected chi connectivity index (χ2v) is 7.98. The SMILES string of the molecule is CCOC(=O)c1sc2nc(C)nc(N3CCC(C4OCCO4)CC3)c2c1C. The lowest BCUT2D eigenvalue weighted by Gasteiger charge is -2.35. The topological polar surface area (TPSA) is 73.8 Å². The van der Waals surface area contributed by atoms with Crippen LogP contribution >= 0.6 is 11.3 Å². The molecule has 4 rings (SSSR count). The van der Waals surface area contributed by atoms with Crippen LogP contribution in [0.1, 0.15) is 40.8 Å². The summed E-state index contributed by atoms with van der Waals surface area (Å²) in [7, 11) is 0. The first-order valence-electron chi connectivity index (χ1n) is 9.51. The first-order valence-corrected chi connectivity index (χ1v) is 10.3. The first-order chi connectivity index (χ1) is 13.1.